The molecule has 1 N–H and O–H groups in total. The van der Waals surface area contributed by atoms with Crippen LogP contribution in [-0.2, 0) is 17.5 Å². The number of fused-ring (bicyclic) bond motifs is 1. The number of aromatic nitrogens is 3. The van der Waals surface area contributed by atoms with Crippen LogP contribution in [0.15, 0.2) is 30.5 Å². The van der Waals surface area contributed by atoms with E-state index in [0.717, 1.165) is 25.1 Å². The second-order valence-electron chi connectivity index (χ2n) is 7.76. The summed E-state index contributed by atoms with van der Waals surface area (Å²) in [5.41, 5.74) is -0.251. The number of benzene rings is 1. The number of pyridine rings is 1. The minimum absolute atomic E-state index is 0.132. The van der Waals surface area contributed by atoms with Crippen LogP contribution < -0.4 is 14.8 Å². The van der Waals surface area contributed by atoms with E-state index in [9.17, 15) is 13.2 Å². The SMILES string of the molecule is COCC1(Oc2cc3c(NCc4ccnc(C(F)(F)F)c4)nc(C)nc3cc2OC)CC1. The lowest BCUT2D eigenvalue weighted by Crippen LogP contribution is -2.24. The quantitative estimate of drug-likeness (QED) is 0.542. The topological polar surface area (TPSA) is 78.4 Å². The van der Waals surface area contributed by atoms with E-state index in [4.69, 9.17) is 14.2 Å². The third-order valence-electron chi connectivity index (χ3n) is 5.21. The first-order valence-corrected chi connectivity index (χ1v) is 10.0. The molecule has 0 bridgehead atoms. The Labute approximate surface area is 182 Å². The first kappa shape index (κ1) is 22.1. The summed E-state index contributed by atoms with van der Waals surface area (Å²) in [6.07, 6.45) is -1.61. The smallest absolute Gasteiger partial charge is 0.433 e. The van der Waals surface area contributed by atoms with E-state index in [2.05, 4.69) is 20.3 Å². The molecule has 1 aromatic carbocycles. The normalized spacial score (nSPS) is 14.9. The van der Waals surface area contributed by atoms with Gasteiger partial charge >= 0.3 is 6.18 Å². The highest BCUT2D eigenvalue weighted by Gasteiger charge is 2.46. The van der Waals surface area contributed by atoms with Gasteiger partial charge in [-0.25, -0.2) is 9.97 Å². The zero-order valence-electron chi connectivity index (χ0n) is 17.9. The van der Waals surface area contributed by atoms with Crippen LogP contribution in [0.25, 0.3) is 10.9 Å². The van der Waals surface area contributed by atoms with E-state index in [1.165, 1.54) is 6.07 Å². The fraction of sp³-hybridized carbons (Fsp3) is 0.409. The Morgan fingerprint density at radius 2 is 1.88 bits per heavy atom. The van der Waals surface area contributed by atoms with E-state index in [-0.39, 0.29) is 12.1 Å². The maximum atomic E-state index is 13.0. The van der Waals surface area contributed by atoms with Crippen molar-refractivity contribution in [3.05, 3.63) is 47.5 Å². The predicted octanol–water partition coefficient (Wildman–Crippen LogP) is 4.53. The molecule has 1 aliphatic carbocycles. The fourth-order valence-electron chi connectivity index (χ4n) is 3.46. The maximum absolute atomic E-state index is 13.0. The van der Waals surface area contributed by atoms with Gasteiger partial charge < -0.3 is 19.5 Å². The molecule has 0 aliphatic heterocycles. The Hall–Kier alpha value is -3.14. The molecule has 10 heteroatoms. The van der Waals surface area contributed by atoms with Crippen molar-refractivity contribution >= 4 is 16.7 Å². The maximum Gasteiger partial charge on any atom is 0.433 e. The Kier molecular flexibility index (Phi) is 5.81. The molecule has 7 nitrogen and oxygen atoms in total. The summed E-state index contributed by atoms with van der Waals surface area (Å²) in [5, 5.41) is 3.80. The minimum Gasteiger partial charge on any atom is -0.493 e. The molecule has 32 heavy (non-hydrogen) atoms. The predicted molar refractivity (Wildman–Crippen MR) is 112 cm³/mol. The van der Waals surface area contributed by atoms with E-state index >= 15 is 0 Å². The highest BCUT2D eigenvalue weighted by molar-refractivity contribution is 5.91. The summed E-state index contributed by atoms with van der Waals surface area (Å²) in [4.78, 5) is 12.3. The first-order chi connectivity index (χ1) is 15.2. The van der Waals surface area contributed by atoms with E-state index in [1.54, 1.807) is 33.3 Å². The van der Waals surface area contributed by atoms with Crippen molar-refractivity contribution in [2.45, 2.75) is 38.1 Å². The van der Waals surface area contributed by atoms with Gasteiger partial charge in [0.25, 0.3) is 0 Å². The van der Waals surface area contributed by atoms with Gasteiger partial charge in [0.05, 0.1) is 19.2 Å². The second-order valence-corrected chi connectivity index (χ2v) is 7.76. The van der Waals surface area contributed by atoms with Gasteiger partial charge in [0.15, 0.2) is 11.5 Å². The van der Waals surface area contributed by atoms with Crippen LogP contribution >= 0.6 is 0 Å². The molecule has 170 valence electrons. The van der Waals surface area contributed by atoms with Crippen LogP contribution in [0.3, 0.4) is 0 Å². The second kappa shape index (κ2) is 8.42. The van der Waals surface area contributed by atoms with Crippen molar-refractivity contribution in [2.75, 3.05) is 26.1 Å². The number of alkyl halides is 3. The summed E-state index contributed by atoms with van der Waals surface area (Å²) >= 11 is 0. The van der Waals surface area contributed by atoms with Crippen LogP contribution in [0.5, 0.6) is 11.5 Å². The molecule has 0 saturated heterocycles. The van der Waals surface area contributed by atoms with Gasteiger partial charge in [-0.3, -0.25) is 4.98 Å². The van der Waals surface area contributed by atoms with Crippen molar-refractivity contribution in [3.63, 3.8) is 0 Å². The van der Waals surface area contributed by atoms with E-state index in [0.29, 0.717) is 46.2 Å². The van der Waals surface area contributed by atoms with Gasteiger partial charge in [0.1, 0.15) is 22.9 Å². The van der Waals surface area contributed by atoms with Crippen LogP contribution in [0.2, 0.25) is 0 Å². The molecular weight excluding hydrogens is 425 g/mol. The van der Waals surface area contributed by atoms with Crippen LogP contribution in [0.4, 0.5) is 19.0 Å². The van der Waals surface area contributed by atoms with Crippen molar-refractivity contribution in [2.24, 2.45) is 0 Å². The molecular formula is C22H23F3N4O3. The largest absolute Gasteiger partial charge is 0.493 e. The van der Waals surface area contributed by atoms with Gasteiger partial charge in [0.2, 0.25) is 0 Å². The minimum atomic E-state index is -4.50. The number of aryl methyl sites for hydroxylation is 1. The molecule has 1 saturated carbocycles. The van der Waals surface area contributed by atoms with Crippen LogP contribution in [-0.4, -0.2) is 41.4 Å². The Bertz CT molecular complexity index is 1130. The molecule has 0 radical (unpaired) electrons. The Balaban J connectivity index is 1.66. The average Bonchev–Trinajstić information content (AvgIpc) is 3.50. The number of rotatable bonds is 8. The molecule has 2 aromatic heterocycles. The number of hydrogen-bond donors (Lipinski definition) is 1. The van der Waals surface area contributed by atoms with Gasteiger partial charge in [-0.1, -0.05) is 0 Å². The number of halogens is 3. The summed E-state index contributed by atoms with van der Waals surface area (Å²) < 4.78 is 55.9. The molecule has 1 aliphatic rings. The zero-order valence-corrected chi connectivity index (χ0v) is 17.9. The zero-order chi connectivity index (χ0) is 22.9. The number of methoxy groups -OCH3 is 2. The molecule has 3 aromatic rings. The van der Waals surface area contributed by atoms with Crippen molar-refractivity contribution in [1.82, 2.24) is 15.0 Å². The van der Waals surface area contributed by atoms with Gasteiger partial charge in [-0.2, -0.15) is 13.2 Å². The number of nitrogens with one attached hydrogen (secondary N) is 1. The van der Waals surface area contributed by atoms with Crippen molar-refractivity contribution in [1.29, 1.82) is 0 Å². The van der Waals surface area contributed by atoms with E-state index in [1.807, 2.05) is 0 Å². The first-order valence-electron chi connectivity index (χ1n) is 10.0. The standard InChI is InChI=1S/C22H23F3N4O3/c1-13-28-16-10-17(31-3)18(32-21(5-6-21)12-30-2)9-15(16)20(29-13)27-11-14-4-7-26-19(8-14)22(23,24)25/h4,7-10H,5-6,11-12H2,1-3H3,(H,27,28,29). The summed E-state index contributed by atoms with van der Waals surface area (Å²) in [6, 6.07) is 6.10. The number of ether oxygens (including phenoxy) is 3. The third kappa shape index (κ3) is 4.69. The average molecular weight is 448 g/mol. The third-order valence-corrected chi connectivity index (χ3v) is 5.21. The lowest BCUT2D eigenvalue weighted by molar-refractivity contribution is -0.141. The molecule has 0 atom stereocenters. The Morgan fingerprint density at radius 1 is 1.09 bits per heavy atom. The van der Waals surface area contributed by atoms with Gasteiger partial charge in [-0.15, -0.1) is 0 Å². The molecule has 0 amide bonds. The summed E-state index contributed by atoms with van der Waals surface area (Å²) in [6.45, 7) is 2.34. The number of anilines is 1. The molecule has 2 heterocycles. The van der Waals surface area contributed by atoms with E-state index < -0.39 is 11.9 Å². The number of nitrogens with zero attached hydrogens (tertiary/aromatic N) is 3. The van der Waals surface area contributed by atoms with Crippen LogP contribution in [0.1, 0.15) is 29.9 Å². The summed E-state index contributed by atoms with van der Waals surface area (Å²) in [5.74, 6) is 2.07. The monoisotopic (exact) mass is 448 g/mol. The van der Waals surface area contributed by atoms with Crippen molar-refractivity contribution in [3.8, 4) is 11.5 Å². The van der Waals surface area contributed by atoms with Gasteiger partial charge in [0, 0.05) is 31.3 Å². The molecule has 1 fully saturated rings. The fourth-order valence-corrected chi connectivity index (χ4v) is 3.46. The summed E-state index contributed by atoms with van der Waals surface area (Å²) in [7, 11) is 3.18. The lowest BCUT2D eigenvalue weighted by Gasteiger charge is -2.20. The Morgan fingerprint density at radius 3 is 2.53 bits per heavy atom. The highest BCUT2D eigenvalue weighted by atomic mass is 19.4. The molecule has 0 unspecified atom stereocenters. The molecule has 0 spiro atoms. The van der Waals surface area contributed by atoms with Crippen molar-refractivity contribution < 1.29 is 27.4 Å². The van der Waals surface area contributed by atoms with Crippen LogP contribution in [0, 0.1) is 6.92 Å². The highest BCUT2D eigenvalue weighted by Crippen LogP contribution is 2.44. The lowest BCUT2D eigenvalue weighted by atomic mass is 10.2. The van der Waals surface area contributed by atoms with Gasteiger partial charge in [-0.05, 0) is 43.5 Å². The molecule has 4 rings (SSSR count). The number of hydrogen-bond acceptors (Lipinski definition) is 7.